The van der Waals surface area contributed by atoms with E-state index in [1.807, 2.05) is 29.2 Å². The van der Waals surface area contributed by atoms with Crippen molar-refractivity contribution in [2.75, 3.05) is 39.2 Å². The summed E-state index contributed by atoms with van der Waals surface area (Å²) >= 11 is 6.05. The van der Waals surface area contributed by atoms with Crippen LogP contribution in [0.4, 0.5) is 5.82 Å². The van der Waals surface area contributed by atoms with Crippen LogP contribution in [0.15, 0.2) is 42.5 Å². The predicted octanol–water partition coefficient (Wildman–Crippen LogP) is 4.41. The molecule has 2 aromatic carbocycles. The molecule has 152 valence electrons. The predicted molar refractivity (Wildman–Crippen MR) is 115 cm³/mol. The highest BCUT2D eigenvalue weighted by molar-refractivity contribution is 6.31. The molecule has 6 nitrogen and oxygen atoms in total. The molecule has 2 heterocycles. The van der Waals surface area contributed by atoms with E-state index in [4.69, 9.17) is 21.1 Å². The molecule has 1 fully saturated rings. The van der Waals surface area contributed by atoms with Crippen LogP contribution in [-0.4, -0.2) is 49.6 Å². The molecular weight excluding hydrogens is 390 g/mol. The van der Waals surface area contributed by atoms with Crippen LogP contribution in [0.3, 0.4) is 0 Å². The third-order valence-electron chi connectivity index (χ3n) is 5.38. The van der Waals surface area contributed by atoms with Gasteiger partial charge in [-0.3, -0.25) is 4.79 Å². The minimum absolute atomic E-state index is 0.0537. The second-order valence-electron chi connectivity index (χ2n) is 7.24. The Balaban J connectivity index is 1.40. The molecular formula is C22H24ClN3O3. The van der Waals surface area contributed by atoms with Gasteiger partial charge in [-0.25, -0.2) is 0 Å². The van der Waals surface area contributed by atoms with Gasteiger partial charge in [-0.05, 0) is 42.7 Å². The first-order chi connectivity index (χ1) is 14.1. The topological polar surface area (TPSA) is 66.6 Å². The minimum atomic E-state index is -0.0537. The molecule has 1 saturated heterocycles. The number of carbonyl (C=O) groups excluding carboxylic acids is 1. The third-order valence-corrected chi connectivity index (χ3v) is 5.62. The second kappa shape index (κ2) is 8.25. The summed E-state index contributed by atoms with van der Waals surface area (Å²) in [6.45, 7) is 2.20. The number of rotatable bonds is 6. The number of methoxy groups -OCH3 is 2. The number of halogens is 1. The molecule has 0 saturated carbocycles. The van der Waals surface area contributed by atoms with Crippen molar-refractivity contribution in [3.63, 3.8) is 0 Å². The molecule has 0 bridgehead atoms. The number of aromatic nitrogens is 1. The van der Waals surface area contributed by atoms with Crippen LogP contribution in [-0.2, 0) is 0 Å². The Kier molecular flexibility index (Phi) is 5.53. The number of hydrogen-bond acceptors (Lipinski definition) is 4. The Bertz CT molecular complexity index is 1010. The van der Waals surface area contributed by atoms with E-state index in [0.29, 0.717) is 41.1 Å². The van der Waals surface area contributed by atoms with Crippen molar-refractivity contribution in [1.82, 2.24) is 9.88 Å². The number of benzene rings is 2. The maximum Gasteiger partial charge on any atom is 0.261 e. The van der Waals surface area contributed by atoms with Gasteiger partial charge in [-0.15, -0.1) is 0 Å². The molecule has 29 heavy (non-hydrogen) atoms. The normalized spacial score (nSPS) is 16.2. The second-order valence-corrected chi connectivity index (χ2v) is 7.68. The molecule has 1 amide bonds. The fraction of sp³-hybridized carbons (Fsp3) is 0.318. The lowest BCUT2D eigenvalue weighted by atomic mass is 10.1. The van der Waals surface area contributed by atoms with Crippen molar-refractivity contribution in [1.29, 1.82) is 0 Å². The Hall–Kier alpha value is -2.86. The molecule has 1 aliphatic heterocycles. The van der Waals surface area contributed by atoms with Gasteiger partial charge in [0.05, 0.1) is 14.2 Å². The zero-order valence-electron chi connectivity index (χ0n) is 16.5. The van der Waals surface area contributed by atoms with E-state index in [0.717, 1.165) is 29.7 Å². The number of aromatic amines is 1. The van der Waals surface area contributed by atoms with Gasteiger partial charge in [-0.2, -0.15) is 0 Å². The highest BCUT2D eigenvalue weighted by atomic mass is 35.5. The summed E-state index contributed by atoms with van der Waals surface area (Å²) in [5.74, 6) is 2.34. The first kappa shape index (κ1) is 19.5. The van der Waals surface area contributed by atoms with Crippen molar-refractivity contribution < 1.29 is 14.3 Å². The highest BCUT2D eigenvalue weighted by Gasteiger charge is 2.30. The van der Waals surface area contributed by atoms with E-state index in [1.54, 1.807) is 26.4 Å². The Morgan fingerprint density at radius 3 is 2.69 bits per heavy atom. The summed E-state index contributed by atoms with van der Waals surface area (Å²) in [5, 5.41) is 5.28. The summed E-state index contributed by atoms with van der Waals surface area (Å²) < 4.78 is 10.8. The SMILES string of the molecule is COc1cccc(OC)c1C(=O)N1CC[C@@H](CNc2cc3ccc(Cl)cc3[nH]2)C1. The first-order valence-electron chi connectivity index (χ1n) is 9.61. The van der Waals surface area contributed by atoms with Gasteiger partial charge in [0.15, 0.2) is 0 Å². The smallest absolute Gasteiger partial charge is 0.261 e. The van der Waals surface area contributed by atoms with Crippen LogP contribution in [0.25, 0.3) is 10.9 Å². The zero-order chi connectivity index (χ0) is 20.4. The van der Waals surface area contributed by atoms with E-state index >= 15 is 0 Å². The Morgan fingerprint density at radius 1 is 1.21 bits per heavy atom. The Morgan fingerprint density at radius 2 is 1.97 bits per heavy atom. The average Bonchev–Trinajstić information content (AvgIpc) is 3.37. The maximum atomic E-state index is 13.1. The van der Waals surface area contributed by atoms with Crippen LogP contribution in [0.2, 0.25) is 5.02 Å². The van der Waals surface area contributed by atoms with Gasteiger partial charge in [0.1, 0.15) is 22.9 Å². The lowest BCUT2D eigenvalue weighted by Gasteiger charge is -2.20. The van der Waals surface area contributed by atoms with Crippen molar-refractivity contribution in [2.45, 2.75) is 6.42 Å². The van der Waals surface area contributed by atoms with Crippen LogP contribution < -0.4 is 14.8 Å². The van der Waals surface area contributed by atoms with Crippen LogP contribution in [0.5, 0.6) is 11.5 Å². The molecule has 0 aliphatic carbocycles. The van der Waals surface area contributed by atoms with Gasteiger partial charge in [0, 0.05) is 35.6 Å². The fourth-order valence-electron chi connectivity index (χ4n) is 3.85. The van der Waals surface area contributed by atoms with Crippen molar-refractivity contribution in [3.05, 3.63) is 53.1 Å². The van der Waals surface area contributed by atoms with Gasteiger partial charge in [-0.1, -0.05) is 23.7 Å². The van der Waals surface area contributed by atoms with E-state index in [2.05, 4.69) is 16.4 Å². The molecule has 0 unspecified atom stereocenters. The molecule has 4 rings (SSSR count). The Labute approximate surface area is 174 Å². The molecule has 1 aromatic heterocycles. The summed E-state index contributed by atoms with van der Waals surface area (Å²) in [5.41, 5.74) is 1.49. The largest absolute Gasteiger partial charge is 0.496 e. The summed E-state index contributed by atoms with van der Waals surface area (Å²) in [4.78, 5) is 18.3. The number of likely N-dealkylation sites (tertiary alicyclic amines) is 1. The van der Waals surface area contributed by atoms with E-state index < -0.39 is 0 Å². The molecule has 1 atom stereocenters. The van der Waals surface area contributed by atoms with Crippen molar-refractivity contribution >= 4 is 34.2 Å². The number of ether oxygens (including phenoxy) is 2. The van der Waals surface area contributed by atoms with Crippen LogP contribution in [0, 0.1) is 5.92 Å². The number of carbonyl (C=O) groups is 1. The standard InChI is InChI=1S/C22H24ClN3O3/c1-28-18-4-3-5-19(29-2)21(18)22(27)26-9-8-14(13-26)12-24-20-10-15-6-7-16(23)11-17(15)25-20/h3-7,10-11,14,24-25H,8-9,12-13H2,1-2H3/t14-/m0/s1. The molecule has 1 aliphatic rings. The zero-order valence-corrected chi connectivity index (χ0v) is 17.3. The van der Waals surface area contributed by atoms with Gasteiger partial charge < -0.3 is 24.7 Å². The third kappa shape index (κ3) is 3.98. The van der Waals surface area contributed by atoms with Crippen molar-refractivity contribution in [2.24, 2.45) is 5.92 Å². The number of fused-ring (bicyclic) bond motifs is 1. The van der Waals surface area contributed by atoms with Gasteiger partial charge in [0.25, 0.3) is 5.91 Å². The minimum Gasteiger partial charge on any atom is -0.496 e. The highest BCUT2D eigenvalue weighted by Crippen LogP contribution is 2.31. The quantitative estimate of drug-likeness (QED) is 0.628. The average molecular weight is 414 g/mol. The van der Waals surface area contributed by atoms with Crippen LogP contribution >= 0.6 is 11.6 Å². The maximum absolute atomic E-state index is 13.1. The van der Waals surface area contributed by atoms with Gasteiger partial charge >= 0.3 is 0 Å². The number of amides is 1. The van der Waals surface area contributed by atoms with E-state index in [9.17, 15) is 4.79 Å². The molecule has 3 aromatic rings. The number of nitrogens with one attached hydrogen (secondary N) is 2. The fourth-order valence-corrected chi connectivity index (χ4v) is 4.02. The van der Waals surface area contributed by atoms with E-state index in [1.165, 1.54) is 0 Å². The number of nitrogens with zero attached hydrogens (tertiary/aromatic N) is 1. The summed E-state index contributed by atoms with van der Waals surface area (Å²) in [7, 11) is 3.13. The first-order valence-corrected chi connectivity index (χ1v) is 9.99. The lowest BCUT2D eigenvalue weighted by Crippen LogP contribution is -2.30. The lowest BCUT2D eigenvalue weighted by molar-refractivity contribution is 0.0781. The molecule has 7 heteroatoms. The molecule has 2 N–H and O–H groups in total. The van der Waals surface area contributed by atoms with E-state index in [-0.39, 0.29) is 5.91 Å². The monoisotopic (exact) mass is 413 g/mol. The number of hydrogen-bond donors (Lipinski definition) is 2. The summed E-state index contributed by atoms with van der Waals surface area (Å²) in [6.07, 6.45) is 0.947. The number of anilines is 1. The van der Waals surface area contributed by atoms with Gasteiger partial charge in [0.2, 0.25) is 0 Å². The van der Waals surface area contributed by atoms with Crippen molar-refractivity contribution in [3.8, 4) is 11.5 Å². The summed E-state index contributed by atoms with van der Waals surface area (Å²) in [6, 6.07) is 13.3. The molecule has 0 spiro atoms. The molecule has 0 radical (unpaired) electrons. The number of H-pyrrole nitrogens is 1. The van der Waals surface area contributed by atoms with Crippen LogP contribution in [0.1, 0.15) is 16.8 Å².